The molecule has 2 rings (SSSR count). The van der Waals surface area contributed by atoms with E-state index in [1.165, 1.54) is 0 Å². The van der Waals surface area contributed by atoms with Gasteiger partial charge >= 0.3 is 6.03 Å². The molecule has 0 radical (unpaired) electrons. The van der Waals surface area contributed by atoms with Crippen LogP contribution in [0.4, 0.5) is 4.79 Å². The number of benzene rings is 1. The number of nitrogens with one attached hydrogen (secondary N) is 2. The first-order valence-corrected chi connectivity index (χ1v) is 6.42. The molecule has 0 saturated heterocycles. The highest BCUT2D eigenvalue weighted by molar-refractivity contribution is 5.74. The molecule has 106 valence electrons. The van der Waals surface area contributed by atoms with Gasteiger partial charge in [0, 0.05) is 18.9 Å². The summed E-state index contributed by atoms with van der Waals surface area (Å²) in [4.78, 5) is 15.7. The number of carbonyl (C=O) groups is 1. The summed E-state index contributed by atoms with van der Waals surface area (Å²) in [5.74, 6) is 0. The maximum atomic E-state index is 11.6. The average Bonchev–Trinajstić information content (AvgIpc) is 2.99. The number of amides is 2. The minimum atomic E-state index is -0.299. The Kier molecular flexibility index (Phi) is 4.73. The molecule has 1 unspecified atom stereocenters. The number of urea groups is 1. The van der Waals surface area contributed by atoms with Gasteiger partial charge in [-0.3, -0.25) is 0 Å². The van der Waals surface area contributed by atoms with Gasteiger partial charge in [-0.25, -0.2) is 9.78 Å². The molecule has 1 heterocycles. The van der Waals surface area contributed by atoms with Crippen molar-refractivity contribution >= 4 is 6.03 Å². The van der Waals surface area contributed by atoms with Crippen molar-refractivity contribution in [3.8, 4) is 5.69 Å². The van der Waals surface area contributed by atoms with Gasteiger partial charge in [-0.15, -0.1) is 0 Å². The molecule has 6 heteroatoms. The first-order valence-electron chi connectivity index (χ1n) is 6.42. The van der Waals surface area contributed by atoms with Gasteiger partial charge in [0.15, 0.2) is 0 Å². The molecular formula is C14H18N4O2. The van der Waals surface area contributed by atoms with Crippen molar-refractivity contribution in [2.24, 2.45) is 0 Å². The van der Waals surface area contributed by atoms with Gasteiger partial charge in [0.1, 0.15) is 0 Å². The maximum absolute atomic E-state index is 11.6. The summed E-state index contributed by atoms with van der Waals surface area (Å²) in [5, 5.41) is 14.3. The molecule has 2 amide bonds. The lowest BCUT2D eigenvalue weighted by atomic mass is 10.1. The third-order valence-corrected chi connectivity index (χ3v) is 2.86. The van der Waals surface area contributed by atoms with E-state index in [4.69, 9.17) is 5.11 Å². The molecule has 0 fully saturated rings. The number of nitrogens with zero attached hydrogens (tertiary/aromatic N) is 2. The Morgan fingerprint density at radius 2 is 2.25 bits per heavy atom. The lowest BCUT2D eigenvalue weighted by Gasteiger charge is -2.14. The molecule has 20 heavy (non-hydrogen) atoms. The lowest BCUT2D eigenvalue weighted by molar-refractivity contribution is 0.220. The van der Waals surface area contributed by atoms with Crippen LogP contribution in [0.1, 0.15) is 12.5 Å². The van der Waals surface area contributed by atoms with Crippen molar-refractivity contribution in [2.45, 2.75) is 19.5 Å². The Hall–Kier alpha value is -2.34. The maximum Gasteiger partial charge on any atom is 0.315 e. The van der Waals surface area contributed by atoms with Gasteiger partial charge in [0.05, 0.1) is 24.7 Å². The van der Waals surface area contributed by atoms with Crippen LogP contribution in [-0.2, 0) is 6.54 Å². The summed E-state index contributed by atoms with van der Waals surface area (Å²) in [7, 11) is 0. The molecule has 2 aromatic rings. The summed E-state index contributed by atoms with van der Waals surface area (Å²) < 4.78 is 1.89. The molecule has 0 bridgehead atoms. The fourth-order valence-electron chi connectivity index (χ4n) is 1.81. The van der Waals surface area contributed by atoms with E-state index in [-0.39, 0.29) is 18.7 Å². The molecule has 3 N–H and O–H groups in total. The summed E-state index contributed by atoms with van der Waals surface area (Å²) in [5.41, 5.74) is 1.96. The Labute approximate surface area is 117 Å². The molecule has 0 spiro atoms. The van der Waals surface area contributed by atoms with E-state index in [9.17, 15) is 4.79 Å². The fourth-order valence-corrected chi connectivity index (χ4v) is 1.81. The minimum absolute atomic E-state index is 0.0843. The second kappa shape index (κ2) is 6.72. The van der Waals surface area contributed by atoms with E-state index >= 15 is 0 Å². The molecule has 0 saturated carbocycles. The highest BCUT2D eigenvalue weighted by atomic mass is 16.3. The van der Waals surface area contributed by atoms with Crippen molar-refractivity contribution in [3.63, 3.8) is 0 Å². The monoisotopic (exact) mass is 274 g/mol. The largest absolute Gasteiger partial charge is 0.394 e. The van der Waals surface area contributed by atoms with E-state index in [0.29, 0.717) is 6.54 Å². The van der Waals surface area contributed by atoms with Crippen LogP contribution in [0, 0.1) is 0 Å². The molecule has 1 aromatic heterocycles. The number of aliphatic hydroxyl groups is 1. The predicted molar refractivity (Wildman–Crippen MR) is 75.5 cm³/mol. The van der Waals surface area contributed by atoms with Gasteiger partial charge in [0.2, 0.25) is 0 Å². The average molecular weight is 274 g/mol. The summed E-state index contributed by atoms with van der Waals surface area (Å²) >= 11 is 0. The summed E-state index contributed by atoms with van der Waals surface area (Å²) in [6, 6.07) is 7.21. The van der Waals surface area contributed by atoms with Crippen LogP contribution in [0.15, 0.2) is 43.0 Å². The number of aliphatic hydroxyl groups excluding tert-OH is 1. The number of para-hydroxylation sites is 1. The van der Waals surface area contributed by atoms with E-state index in [0.717, 1.165) is 11.3 Å². The van der Waals surface area contributed by atoms with E-state index < -0.39 is 0 Å². The SMILES string of the molecule is CC(CO)NC(=O)NCc1ccccc1-n1ccnc1. The Bertz CT molecular complexity index is 554. The molecule has 6 nitrogen and oxygen atoms in total. The van der Waals surface area contributed by atoms with Crippen LogP contribution < -0.4 is 10.6 Å². The number of imidazole rings is 1. The summed E-state index contributed by atoms with van der Waals surface area (Å²) in [6.45, 7) is 2.05. The van der Waals surface area contributed by atoms with Gasteiger partial charge in [-0.1, -0.05) is 18.2 Å². The Balaban J connectivity index is 2.02. The second-order valence-electron chi connectivity index (χ2n) is 4.51. The molecule has 0 aliphatic heterocycles. The van der Waals surface area contributed by atoms with Crippen molar-refractivity contribution in [1.82, 2.24) is 20.2 Å². The molecular weight excluding hydrogens is 256 g/mol. The zero-order chi connectivity index (χ0) is 14.4. The van der Waals surface area contributed by atoms with Gasteiger partial charge in [-0.2, -0.15) is 0 Å². The highest BCUT2D eigenvalue weighted by Gasteiger charge is 2.07. The lowest BCUT2D eigenvalue weighted by Crippen LogP contribution is -2.42. The van der Waals surface area contributed by atoms with Crippen molar-refractivity contribution in [3.05, 3.63) is 48.5 Å². The third kappa shape index (κ3) is 3.58. The van der Waals surface area contributed by atoms with Crippen LogP contribution in [0.3, 0.4) is 0 Å². The smallest absolute Gasteiger partial charge is 0.315 e. The molecule has 1 aromatic carbocycles. The topological polar surface area (TPSA) is 79.2 Å². The molecule has 0 aliphatic rings. The number of aromatic nitrogens is 2. The van der Waals surface area contributed by atoms with Crippen molar-refractivity contribution < 1.29 is 9.90 Å². The Morgan fingerprint density at radius 1 is 1.45 bits per heavy atom. The van der Waals surface area contributed by atoms with E-state index in [1.807, 2.05) is 35.0 Å². The second-order valence-corrected chi connectivity index (χ2v) is 4.51. The van der Waals surface area contributed by atoms with E-state index in [1.54, 1.807) is 19.4 Å². The first kappa shape index (κ1) is 14.1. The Morgan fingerprint density at radius 3 is 2.95 bits per heavy atom. The first-order chi connectivity index (χ1) is 9.70. The van der Waals surface area contributed by atoms with Crippen LogP contribution in [0.25, 0.3) is 5.69 Å². The zero-order valence-corrected chi connectivity index (χ0v) is 11.3. The number of rotatable bonds is 5. The van der Waals surface area contributed by atoms with Gasteiger partial charge in [0.25, 0.3) is 0 Å². The normalized spacial score (nSPS) is 11.9. The van der Waals surface area contributed by atoms with Crippen LogP contribution >= 0.6 is 0 Å². The highest BCUT2D eigenvalue weighted by Crippen LogP contribution is 2.13. The van der Waals surface area contributed by atoms with E-state index in [2.05, 4.69) is 15.6 Å². The van der Waals surface area contributed by atoms with Crippen LogP contribution in [0.5, 0.6) is 0 Å². The number of hydrogen-bond acceptors (Lipinski definition) is 3. The summed E-state index contributed by atoms with van der Waals surface area (Å²) in [6.07, 6.45) is 5.28. The molecule has 0 aliphatic carbocycles. The number of carbonyl (C=O) groups excluding carboxylic acids is 1. The van der Waals surface area contributed by atoms with Crippen LogP contribution in [-0.4, -0.2) is 33.3 Å². The van der Waals surface area contributed by atoms with Gasteiger partial charge < -0.3 is 20.3 Å². The van der Waals surface area contributed by atoms with Crippen molar-refractivity contribution in [2.75, 3.05) is 6.61 Å². The quantitative estimate of drug-likeness (QED) is 0.762. The van der Waals surface area contributed by atoms with Crippen LogP contribution in [0.2, 0.25) is 0 Å². The third-order valence-electron chi connectivity index (χ3n) is 2.86. The zero-order valence-electron chi connectivity index (χ0n) is 11.3. The standard InChI is InChI=1S/C14H18N4O2/c1-11(9-19)17-14(20)16-8-12-4-2-3-5-13(12)18-7-6-15-10-18/h2-7,10-11,19H,8-9H2,1H3,(H2,16,17,20). The van der Waals surface area contributed by atoms with Gasteiger partial charge in [-0.05, 0) is 18.6 Å². The number of hydrogen-bond donors (Lipinski definition) is 3. The van der Waals surface area contributed by atoms with Crippen molar-refractivity contribution in [1.29, 1.82) is 0 Å². The predicted octanol–water partition coefficient (Wildman–Crippen LogP) is 1.05. The molecule has 1 atom stereocenters. The minimum Gasteiger partial charge on any atom is -0.394 e. The fraction of sp³-hybridized carbons (Fsp3) is 0.286.